The Bertz CT molecular complexity index is 1120. The number of carbonyl (C=O) groups excluding carboxylic acids is 1. The van der Waals surface area contributed by atoms with Crippen LogP contribution in [0.25, 0.3) is 11.2 Å². The maximum absolute atomic E-state index is 11.6. The van der Waals surface area contributed by atoms with Gasteiger partial charge in [0, 0.05) is 24.4 Å². The van der Waals surface area contributed by atoms with Crippen LogP contribution in [0.1, 0.15) is 26.2 Å². The van der Waals surface area contributed by atoms with Gasteiger partial charge < -0.3 is 25.8 Å². The third-order valence-corrected chi connectivity index (χ3v) is 6.14. The summed E-state index contributed by atoms with van der Waals surface area (Å²) in [7, 11) is 6.01. The summed E-state index contributed by atoms with van der Waals surface area (Å²) in [6, 6.07) is 2.76. The third-order valence-electron chi connectivity index (χ3n) is 5.08. The molecule has 2 radical (unpaired) electrons. The molecule has 2 aromatic heterocycles. The van der Waals surface area contributed by atoms with Crippen LogP contribution in [0.3, 0.4) is 0 Å². The Labute approximate surface area is 178 Å². The number of rotatable bonds is 7. The molecule has 30 heavy (non-hydrogen) atoms. The number of benzene rings is 1. The van der Waals surface area contributed by atoms with Crippen LogP contribution in [-0.4, -0.2) is 49.5 Å². The zero-order valence-corrected chi connectivity index (χ0v) is 17.2. The molecule has 1 saturated carbocycles. The summed E-state index contributed by atoms with van der Waals surface area (Å²) in [4.78, 5) is 25.1. The van der Waals surface area contributed by atoms with Gasteiger partial charge in [0.15, 0.2) is 33.6 Å². The van der Waals surface area contributed by atoms with E-state index in [2.05, 4.69) is 20.3 Å². The number of fused-ring (bicyclic) bond motifs is 1. The van der Waals surface area contributed by atoms with Crippen molar-refractivity contribution in [2.75, 3.05) is 5.73 Å². The van der Waals surface area contributed by atoms with Crippen molar-refractivity contribution in [1.29, 1.82) is 0 Å². The number of amides is 1. The minimum Gasteiger partial charge on any atom is -0.504 e. The maximum atomic E-state index is 11.6. The van der Waals surface area contributed by atoms with Crippen molar-refractivity contribution in [3.05, 3.63) is 18.5 Å². The highest BCUT2D eigenvalue weighted by Crippen LogP contribution is 2.36. The topological polar surface area (TPSA) is 139 Å². The van der Waals surface area contributed by atoms with Gasteiger partial charge in [0.25, 0.3) is 0 Å². The van der Waals surface area contributed by atoms with Crippen molar-refractivity contribution in [2.45, 2.75) is 48.8 Å². The first-order valence-corrected chi connectivity index (χ1v) is 10.4. The number of nitrogens with two attached hydrogens (primary N) is 1. The zero-order valence-electron chi connectivity index (χ0n) is 16.4. The van der Waals surface area contributed by atoms with E-state index in [0.29, 0.717) is 45.6 Å². The molecule has 0 saturated heterocycles. The van der Waals surface area contributed by atoms with Gasteiger partial charge in [-0.1, -0.05) is 17.2 Å². The molecule has 1 aromatic carbocycles. The molecule has 4 rings (SSSR count). The molecule has 154 valence electrons. The molecule has 5 N–H and O–H groups in total. The van der Waals surface area contributed by atoms with Gasteiger partial charge in [-0.2, -0.15) is 0 Å². The van der Waals surface area contributed by atoms with Crippen LogP contribution in [0.5, 0.6) is 11.5 Å². The van der Waals surface area contributed by atoms with E-state index < -0.39 is 0 Å². The van der Waals surface area contributed by atoms with Gasteiger partial charge in [0.05, 0.1) is 0 Å². The van der Waals surface area contributed by atoms with Crippen LogP contribution < -0.4 is 16.5 Å². The third kappa shape index (κ3) is 4.16. The number of imidazole rings is 1. The molecule has 1 amide bonds. The SMILES string of the molecule is [B]c1cc(O)c(O)cc1Sc1nc2c(N)ncnc2n1CCC(NC(C)=O)C1CC1. The molecule has 3 aromatic rings. The molecular weight excluding hydrogens is 403 g/mol. The quantitative estimate of drug-likeness (QED) is 0.326. The van der Waals surface area contributed by atoms with Crippen LogP contribution in [0.2, 0.25) is 0 Å². The standard InChI is InChI=1S/C19H21BN6O3S/c1-9(27)24-12(10-2-3-10)4-5-26-18-16(17(21)22-8-23-18)25-19(26)30-15-7-14(29)13(28)6-11(15)20/h6-8,10,12,28-29H,2-5H2,1H3,(H,24,27)(H2,21,22,23). The summed E-state index contributed by atoms with van der Waals surface area (Å²) in [6.07, 6.45) is 4.31. The number of phenols is 2. The van der Waals surface area contributed by atoms with Crippen LogP contribution in [0, 0.1) is 5.92 Å². The largest absolute Gasteiger partial charge is 0.504 e. The highest BCUT2D eigenvalue weighted by atomic mass is 32.2. The van der Waals surface area contributed by atoms with Crippen LogP contribution >= 0.6 is 11.8 Å². The monoisotopic (exact) mass is 424 g/mol. The summed E-state index contributed by atoms with van der Waals surface area (Å²) >= 11 is 1.23. The summed E-state index contributed by atoms with van der Waals surface area (Å²) in [5.41, 5.74) is 7.37. The smallest absolute Gasteiger partial charge is 0.217 e. The number of aromatic nitrogens is 4. The van der Waals surface area contributed by atoms with E-state index in [1.807, 2.05) is 4.57 Å². The van der Waals surface area contributed by atoms with Crippen LogP contribution in [0.15, 0.2) is 28.5 Å². The number of carbonyl (C=O) groups is 1. The summed E-state index contributed by atoms with van der Waals surface area (Å²) in [5.74, 6) is 0.152. The van der Waals surface area contributed by atoms with Crippen LogP contribution in [-0.2, 0) is 11.3 Å². The van der Waals surface area contributed by atoms with Gasteiger partial charge in [-0.15, -0.1) is 0 Å². The minimum atomic E-state index is -0.289. The van der Waals surface area contributed by atoms with Gasteiger partial charge in [0.2, 0.25) is 5.91 Å². The van der Waals surface area contributed by atoms with Gasteiger partial charge in [0.1, 0.15) is 14.2 Å². The number of nitrogen functional groups attached to an aromatic ring is 1. The number of aromatic hydroxyl groups is 2. The number of anilines is 1. The number of nitrogens with one attached hydrogen (secondary N) is 1. The first-order chi connectivity index (χ1) is 14.3. The van der Waals surface area contributed by atoms with Crippen molar-refractivity contribution < 1.29 is 15.0 Å². The lowest BCUT2D eigenvalue weighted by Gasteiger charge is -2.18. The lowest BCUT2D eigenvalue weighted by Crippen LogP contribution is -2.35. The number of aryl methyl sites for hydroxylation is 1. The van der Waals surface area contributed by atoms with Gasteiger partial charge in [-0.05, 0) is 37.3 Å². The average Bonchev–Trinajstić information content (AvgIpc) is 3.46. The molecule has 1 aliphatic rings. The summed E-state index contributed by atoms with van der Waals surface area (Å²) < 4.78 is 1.92. The van der Waals surface area contributed by atoms with Crippen molar-refractivity contribution in [1.82, 2.24) is 24.8 Å². The molecule has 1 atom stereocenters. The molecule has 1 aliphatic carbocycles. The van der Waals surface area contributed by atoms with Crippen molar-refractivity contribution in [3.63, 3.8) is 0 Å². The second-order valence-electron chi connectivity index (χ2n) is 7.39. The Morgan fingerprint density at radius 3 is 2.80 bits per heavy atom. The molecule has 11 heteroatoms. The Morgan fingerprint density at radius 1 is 1.37 bits per heavy atom. The fraction of sp³-hybridized carbons (Fsp3) is 0.368. The van der Waals surface area contributed by atoms with Gasteiger partial charge in [-0.3, -0.25) is 4.79 Å². The normalized spacial score (nSPS) is 14.7. The lowest BCUT2D eigenvalue weighted by molar-refractivity contribution is -0.119. The first-order valence-electron chi connectivity index (χ1n) is 9.56. The van der Waals surface area contributed by atoms with Crippen molar-refractivity contribution in [3.8, 4) is 11.5 Å². The molecule has 1 fully saturated rings. The van der Waals surface area contributed by atoms with E-state index in [0.717, 1.165) is 12.8 Å². The van der Waals surface area contributed by atoms with E-state index in [4.69, 9.17) is 13.6 Å². The maximum Gasteiger partial charge on any atom is 0.217 e. The second kappa shape index (κ2) is 8.06. The number of hydrogen-bond acceptors (Lipinski definition) is 8. The minimum absolute atomic E-state index is 0.0455. The Hall–Kier alpha value is -2.95. The molecule has 2 heterocycles. The zero-order chi connectivity index (χ0) is 21.4. The average molecular weight is 424 g/mol. The molecular formula is C19H21BN6O3S. The Balaban J connectivity index is 1.68. The van der Waals surface area contributed by atoms with E-state index in [1.165, 1.54) is 37.1 Å². The van der Waals surface area contributed by atoms with E-state index in [9.17, 15) is 15.0 Å². The highest BCUT2D eigenvalue weighted by molar-refractivity contribution is 7.99. The Morgan fingerprint density at radius 2 is 2.10 bits per heavy atom. The van der Waals surface area contributed by atoms with Gasteiger partial charge >= 0.3 is 0 Å². The van der Waals surface area contributed by atoms with E-state index in [-0.39, 0.29) is 29.3 Å². The molecule has 1 unspecified atom stereocenters. The van der Waals surface area contributed by atoms with E-state index in [1.54, 1.807) is 0 Å². The summed E-state index contributed by atoms with van der Waals surface area (Å²) in [5, 5.41) is 23.1. The second-order valence-corrected chi connectivity index (χ2v) is 8.40. The Kier molecular flexibility index (Phi) is 5.46. The van der Waals surface area contributed by atoms with Gasteiger partial charge in [-0.25, -0.2) is 15.0 Å². The first kappa shape index (κ1) is 20.3. The number of phenolic OH excluding ortho intramolecular Hbond substituents is 2. The molecule has 0 spiro atoms. The predicted molar refractivity (Wildman–Crippen MR) is 114 cm³/mol. The number of hydrogen-bond donors (Lipinski definition) is 4. The van der Waals surface area contributed by atoms with Crippen LogP contribution in [0.4, 0.5) is 5.82 Å². The lowest BCUT2D eigenvalue weighted by atomic mass is 9.96. The fourth-order valence-electron chi connectivity index (χ4n) is 3.43. The summed E-state index contributed by atoms with van der Waals surface area (Å²) in [6.45, 7) is 2.08. The van der Waals surface area contributed by atoms with E-state index >= 15 is 0 Å². The number of nitrogens with zero attached hydrogens (tertiary/aromatic N) is 4. The molecule has 9 nitrogen and oxygen atoms in total. The highest BCUT2D eigenvalue weighted by Gasteiger charge is 2.32. The molecule has 0 bridgehead atoms. The molecule has 0 aliphatic heterocycles. The predicted octanol–water partition coefficient (Wildman–Crippen LogP) is 1.07. The van der Waals surface area contributed by atoms with Crippen molar-refractivity contribution >= 4 is 48.0 Å². The fourth-order valence-corrected chi connectivity index (χ4v) is 4.40. The van der Waals surface area contributed by atoms with Crippen molar-refractivity contribution in [2.24, 2.45) is 5.92 Å².